The van der Waals surface area contributed by atoms with Crippen molar-refractivity contribution in [3.8, 4) is 23.0 Å². The highest BCUT2D eigenvalue weighted by Gasteiger charge is 2.19. The van der Waals surface area contributed by atoms with E-state index >= 15 is 0 Å². The van der Waals surface area contributed by atoms with E-state index in [0.29, 0.717) is 23.0 Å². The van der Waals surface area contributed by atoms with E-state index in [0.717, 1.165) is 32.7 Å². The van der Waals surface area contributed by atoms with E-state index in [1.165, 1.54) is 0 Å². The second kappa shape index (κ2) is 9.09. The second-order valence-corrected chi connectivity index (χ2v) is 6.28. The summed E-state index contributed by atoms with van der Waals surface area (Å²) in [5, 5.41) is 3.12. The van der Waals surface area contributed by atoms with E-state index in [1.807, 2.05) is 24.3 Å². The second-order valence-electron chi connectivity index (χ2n) is 6.28. The number of ether oxygens (including phenoxy) is 4. The summed E-state index contributed by atoms with van der Waals surface area (Å²) in [5.74, 6) is 2.08. The van der Waals surface area contributed by atoms with E-state index in [-0.39, 0.29) is 13.1 Å². The Morgan fingerprint density at radius 2 is 0.867 bits per heavy atom. The summed E-state index contributed by atoms with van der Waals surface area (Å²) >= 11 is 0. The van der Waals surface area contributed by atoms with Gasteiger partial charge in [0.25, 0.3) is 0 Å². The smallest absolute Gasteiger partial charge is 0.235 e. The normalized spacial score (nSPS) is 10.3. The van der Waals surface area contributed by atoms with Crippen LogP contribution in [0.25, 0.3) is 21.5 Å². The Balaban J connectivity index is 2.59. The topological polar surface area (TPSA) is 95.8 Å². The SMILES string of the molecule is COc1cc2c(CN=C=O)c3cc(OC)c(OC)cc3c(CN=C=O)c2cc1OC. The number of carbonyl (C=O) groups excluding carboxylic acids is 2. The van der Waals surface area contributed by atoms with E-state index in [1.54, 1.807) is 40.6 Å². The van der Waals surface area contributed by atoms with Gasteiger partial charge in [-0.1, -0.05) is 0 Å². The lowest BCUT2D eigenvalue weighted by Crippen LogP contribution is -1.99. The van der Waals surface area contributed by atoms with Crippen molar-refractivity contribution in [2.75, 3.05) is 28.4 Å². The predicted molar refractivity (Wildman–Crippen MR) is 111 cm³/mol. The van der Waals surface area contributed by atoms with Crippen molar-refractivity contribution >= 4 is 33.7 Å². The first-order chi connectivity index (χ1) is 14.6. The number of fused-ring (bicyclic) bond motifs is 2. The molecule has 3 aromatic rings. The van der Waals surface area contributed by atoms with E-state index in [2.05, 4.69) is 9.98 Å². The first kappa shape index (κ1) is 20.9. The number of hydrogen-bond acceptors (Lipinski definition) is 8. The molecule has 0 saturated carbocycles. The molecular formula is C22H20N2O6. The van der Waals surface area contributed by atoms with Crippen molar-refractivity contribution in [1.82, 2.24) is 0 Å². The lowest BCUT2D eigenvalue weighted by atomic mass is 9.90. The molecule has 0 radical (unpaired) electrons. The zero-order valence-corrected chi connectivity index (χ0v) is 17.1. The summed E-state index contributed by atoms with van der Waals surface area (Å²) < 4.78 is 21.8. The van der Waals surface area contributed by atoms with Gasteiger partial charge < -0.3 is 18.9 Å². The number of rotatable bonds is 8. The highest BCUT2D eigenvalue weighted by Crippen LogP contribution is 2.43. The summed E-state index contributed by atoms with van der Waals surface area (Å²) in [6, 6.07) is 7.25. The highest BCUT2D eigenvalue weighted by atomic mass is 16.5. The van der Waals surface area contributed by atoms with Gasteiger partial charge in [-0.25, -0.2) is 19.6 Å². The van der Waals surface area contributed by atoms with Crippen LogP contribution in [0.2, 0.25) is 0 Å². The Kier molecular flexibility index (Phi) is 6.32. The molecule has 0 fully saturated rings. The molecule has 0 spiro atoms. The van der Waals surface area contributed by atoms with Gasteiger partial charge in [-0.2, -0.15) is 0 Å². The van der Waals surface area contributed by atoms with Crippen molar-refractivity contribution in [3.63, 3.8) is 0 Å². The number of aliphatic imine (C=N–C) groups is 2. The quantitative estimate of drug-likeness (QED) is 0.320. The molecule has 0 unspecified atom stereocenters. The Morgan fingerprint density at radius 3 is 1.07 bits per heavy atom. The van der Waals surface area contributed by atoms with Gasteiger partial charge in [0.05, 0.1) is 41.5 Å². The summed E-state index contributed by atoms with van der Waals surface area (Å²) in [5.41, 5.74) is 1.54. The third kappa shape index (κ3) is 3.57. The van der Waals surface area contributed by atoms with Crippen LogP contribution in [0.5, 0.6) is 23.0 Å². The maximum atomic E-state index is 10.9. The number of isocyanates is 2. The number of methoxy groups -OCH3 is 4. The minimum atomic E-state index is 0.0959. The maximum Gasteiger partial charge on any atom is 0.235 e. The van der Waals surface area contributed by atoms with Gasteiger partial charge >= 0.3 is 0 Å². The van der Waals surface area contributed by atoms with Crippen molar-refractivity contribution < 1.29 is 28.5 Å². The molecule has 0 N–H and O–H groups in total. The molecule has 30 heavy (non-hydrogen) atoms. The summed E-state index contributed by atoms with van der Waals surface area (Å²) in [6.07, 6.45) is 3.18. The largest absolute Gasteiger partial charge is 0.493 e. The number of benzene rings is 3. The van der Waals surface area contributed by atoms with E-state index in [4.69, 9.17) is 18.9 Å². The fraction of sp³-hybridized carbons (Fsp3) is 0.273. The first-order valence-corrected chi connectivity index (χ1v) is 8.95. The van der Waals surface area contributed by atoms with Crippen LogP contribution in [0.1, 0.15) is 11.1 Å². The molecule has 0 atom stereocenters. The molecule has 3 rings (SSSR count). The maximum absolute atomic E-state index is 10.9. The lowest BCUT2D eigenvalue weighted by molar-refractivity contribution is 0.355. The number of nitrogens with zero attached hydrogens (tertiary/aromatic N) is 2. The average Bonchev–Trinajstić information content (AvgIpc) is 2.79. The third-order valence-electron chi connectivity index (χ3n) is 4.95. The summed E-state index contributed by atoms with van der Waals surface area (Å²) in [7, 11) is 6.16. The molecule has 0 bridgehead atoms. The standard InChI is InChI=1S/C22H20N2O6/c1-27-19-5-13-14(6-20(19)28-2)18(10-24-12-26)16-8-22(30-4)21(29-3)7-15(16)17(13)9-23-11-25/h5-8H,9-10H2,1-4H3. The van der Waals surface area contributed by atoms with Crippen LogP contribution in [0.3, 0.4) is 0 Å². The zero-order valence-electron chi connectivity index (χ0n) is 17.1. The summed E-state index contributed by atoms with van der Waals surface area (Å²) in [4.78, 5) is 29.3. The number of hydrogen-bond donors (Lipinski definition) is 0. The first-order valence-electron chi connectivity index (χ1n) is 8.95. The molecule has 8 heteroatoms. The molecule has 0 aliphatic carbocycles. The molecule has 154 valence electrons. The Hall–Kier alpha value is -3.86. The monoisotopic (exact) mass is 408 g/mol. The van der Waals surface area contributed by atoms with Crippen LogP contribution in [0.15, 0.2) is 34.3 Å². The van der Waals surface area contributed by atoms with Crippen molar-refractivity contribution in [1.29, 1.82) is 0 Å². The fourth-order valence-corrected chi connectivity index (χ4v) is 3.61. The van der Waals surface area contributed by atoms with Gasteiger partial charge in [-0.15, -0.1) is 0 Å². The molecule has 0 heterocycles. The molecule has 0 aromatic heterocycles. The Morgan fingerprint density at radius 1 is 0.600 bits per heavy atom. The molecule has 0 aliphatic rings. The van der Waals surface area contributed by atoms with Crippen LogP contribution in [0.4, 0.5) is 0 Å². The predicted octanol–water partition coefficient (Wildman–Crippen LogP) is 3.70. The minimum Gasteiger partial charge on any atom is -0.493 e. The molecule has 3 aromatic carbocycles. The summed E-state index contributed by atoms with van der Waals surface area (Å²) in [6.45, 7) is 0.192. The van der Waals surface area contributed by atoms with E-state index in [9.17, 15) is 9.59 Å². The highest BCUT2D eigenvalue weighted by molar-refractivity contribution is 6.08. The Bertz CT molecular complexity index is 1040. The van der Waals surface area contributed by atoms with Gasteiger partial charge in [0.2, 0.25) is 12.2 Å². The van der Waals surface area contributed by atoms with Crippen molar-refractivity contribution in [3.05, 3.63) is 35.4 Å². The minimum absolute atomic E-state index is 0.0959. The molecule has 0 saturated heterocycles. The van der Waals surface area contributed by atoms with Gasteiger partial charge in [-0.05, 0) is 56.9 Å². The molecular weight excluding hydrogens is 388 g/mol. The Labute approximate surface area is 172 Å². The molecule has 8 nitrogen and oxygen atoms in total. The van der Waals surface area contributed by atoms with Crippen LogP contribution in [0, 0.1) is 0 Å². The van der Waals surface area contributed by atoms with Gasteiger partial charge in [0.15, 0.2) is 23.0 Å². The van der Waals surface area contributed by atoms with Crippen molar-refractivity contribution in [2.45, 2.75) is 13.1 Å². The third-order valence-corrected chi connectivity index (χ3v) is 4.95. The average molecular weight is 408 g/mol. The van der Waals surface area contributed by atoms with Crippen LogP contribution < -0.4 is 18.9 Å². The van der Waals surface area contributed by atoms with E-state index < -0.39 is 0 Å². The van der Waals surface area contributed by atoms with Gasteiger partial charge in [-0.3, -0.25) is 0 Å². The lowest BCUT2D eigenvalue weighted by Gasteiger charge is -2.19. The molecule has 0 aliphatic heterocycles. The molecule has 0 amide bonds. The fourth-order valence-electron chi connectivity index (χ4n) is 3.61. The zero-order chi connectivity index (χ0) is 21.7. The van der Waals surface area contributed by atoms with Crippen LogP contribution in [-0.4, -0.2) is 40.6 Å². The van der Waals surface area contributed by atoms with Gasteiger partial charge in [0, 0.05) is 0 Å². The van der Waals surface area contributed by atoms with Gasteiger partial charge in [0.1, 0.15) is 0 Å². The van der Waals surface area contributed by atoms with Crippen molar-refractivity contribution in [2.24, 2.45) is 9.98 Å². The van der Waals surface area contributed by atoms with Crippen LogP contribution in [-0.2, 0) is 22.7 Å². The van der Waals surface area contributed by atoms with Crippen LogP contribution >= 0.6 is 0 Å².